The zero-order valence-corrected chi connectivity index (χ0v) is 19.6. The van der Waals surface area contributed by atoms with Gasteiger partial charge in [0, 0.05) is 15.4 Å². The van der Waals surface area contributed by atoms with Gasteiger partial charge in [-0.2, -0.15) is 0 Å². The number of imidazole rings is 1. The molecule has 0 amide bonds. The maximum Gasteiger partial charge on any atom is 0.156 e. The lowest BCUT2D eigenvalue weighted by atomic mass is 9.82. The molecule has 6 rings (SSSR count). The minimum absolute atomic E-state index is 0.334. The molecule has 2 N–H and O–H groups in total. The number of aromatic amines is 1. The van der Waals surface area contributed by atoms with E-state index < -0.39 is 5.60 Å². The van der Waals surface area contributed by atoms with Gasteiger partial charge in [0.05, 0.1) is 23.7 Å². The molecule has 0 fully saturated rings. The largest absolute Gasteiger partial charge is 0.489 e. The van der Waals surface area contributed by atoms with Crippen molar-refractivity contribution >= 4 is 38.4 Å². The molecule has 1 unspecified atom stereocenters. The summed E-state index contributed by atoms with van der Waals surface area (Å²) in [6.07, 6.45) is 3.21. The number of halogens is 2. The number of pyridine rings is 1. The minimum Gasteiger partial charge on any atom is -0.489 e. The Morgan fingerprint density at radius 2 is 1.88 bits per heavy atom. The number of nitrogens with one attached hydrogen (secondary N) is 1. The SMILES string of the molecule is OC1(c2cnc[nH]2)c2ccc(Br)c(c2)COc2cccc(c2)-c2cc(Cl)nc3ccc1cc23. The number of hydrogen-bond acceptors (Lipinski definition) is 4. The molecule has 0 saturated heterocycles. The van der Waals surface area contributed by atoms with E-state index in [2.05, 4.69) is 30.9 Å². The van der Waals surface area contributed by atoms with E-state index in [1.165, 1.54) is 0 Å². The first-order chi connectivity index (χ1) is 16.0. The van der Waals surface area contributed by atoms with Crippen molar-refractivity contribution in [1.29, 1.82) is 0 Å². The molecular weight excluding hydrogens is 502 g/mol. The molecule has 33 heavy (non-hydrogen) atoms. The average molecular weight is 519 g/mol. The van der Waals surface area contributed by atoms with Crippen LogP contribution in [-0.2, 0) is 12.2 Å². The Kier molecular flexibility index (Phi) is 4.76. The van der Waals surface area contributed by atoms with E-state index in [9.17, 15) is 5.11 Å². The van der Waals surface area contributed by atoms with Crippen molar-refractivity contribution in [3.63, 3.8) is 0 Å². The third-order valence-electron chi connectivity index (χ3n) is 6.09. The molecule has 2 aromatic heterocycles. The molecule has 1 atom stereocenters. The van der Waals surface area contributed by atoms with Gasteiger partial charge in [0.2, 0.25) is 0 Å². The van der Waals surface area contributed by atoms with E-state index >= 15 is 0 Å². The monoisotopic (exact) mass is 517 g/mol. The fourth-order valence-corrected chi connectivity index (χ4v) is 4.97. The fraction of sp³-hybridized carbons (Fsp3) is 0.0769. The van der Waals surface area contributed by atoms with Crippen LogP contribution in [0.4, 0.5) is 0 Å². The highest BCUT2D eigenvalue weighted by atomic mass is 79.9. The normalized spacial score (nSPS) is 17.2. The predicted octanol–water partition coefficient (Wildman–Crippen LogP) is 6.22. The number of aliphatic hydroxyl groups is 1. The van der Waals surface area contributed by atoms with Crippen LogP contribution in [0, 0.1) is 0 Å². The number of ether oxygens (including phenoxy) is 1. The first-order valence-corrected chi connectivity index (χ1v) is 11.5. The van der Waals surface area contributed by atoms with Crippen LogP contribution in [0.5, 0.6) is 5.75 Å². The smallest absolute Gasteiger partial charge is 0.156 e. The lowest BCUT2D eigenvalue weighted by molar-refractivity contribution is 0.121. The van der Waals surface area contributed by atoms with Crippen molar-refractivity contribution in [2.45, 2.75) is 12.2 Å². The Bertz CT molecular complexity index is 1520. The van der Waals surface area contributed by atoms with Crippen LogP contribution in [0.3, 0.4) is 0 Å². The van der Waals surface area contributed by atoms with Gasteiger partial charge in [0.1, 0.15) is 17.5 Å². The molecule has 3 heterocycles. The summed E-state index contributed by atoms with van der Waals surface area (Å²) in [6, 6.07) is 21.3. The van der Waals surface area contributed by atoms with Crippen molar-refractivity contribution < 1.29 is 9.84 Å². The van der Waals surface area contributed by atoms with Crippen molar-refractivity contribution in [2.75, 3.05) is 0 Å². The van der Waals surface area contributed by atoms with E-state index in [0.717, 1.165) is 37.8 Å². The van der Waals surface area contributed by atoms with Gasteiger partial charge in [-0.1, -0.05) is 51.8 Å². The third kappa shape index (κ3) is 3.33. The lowest BCUT2D eigenvalue weighted by Crippen LogP contribution is -2.29. The third-order valence-corrected chi connectivity index (χ3v) is 7.05. The van der Waals surface area contributed by atoms with Crippen LogP contribution in [0.1, 0.15) is 22.4 Å². The van der Waals surface area contributed by atoms with Gasteiger partial charge < -0.3 is 14.8 Å². The zero-order valence-electron chi connectivity index (χ0n) is 17.2. The summed E-state index contributed by atoms with van der Waals surface area (Å²) in [4.78, 5) is 11.8. The van der Waals surface area contributed by atoms with E-state index in [1.807, 2.05) is 66.7 Å². The van der Waals surface area contributed by atoms with Gasteiger partial charge in [-0.25, -0.2) is 9.97 Å². The summed E-state index contributed by atoms with van der Waals surface area (Å²) >= 11 is 10.0. The molecule has 0 spiro atoms. The number of hydrogen-bond donors (Lipinski definition) is 2. The molecule has 0 aliphatic carbocycles. The first-order valence-electron chi connectivity index (χ1n) is 10.4. The number of benzene rings is 3. The van der Waals surface area contributed by atoms with Crippen molar-refractivity contribution in [1.82, 2.24) is 15.0 Å². The first kappa shape index (κ1) is 20.4. The van der Waals surface area contributed by atoms with Crippen molar-refractivity contribution in [3.05, 3.63) is 111 Å². The summed E-state index contributed by atoms with van der Waals surface area (Å²) in [7, 11) is 0. The quantitative estimate of drug-likeness (QED) is 0.259. The Labute approximate surface area is 203 Å². The van der Waals surface area contributed by atoms with Gasteiger partial charge in [-0.15, -0.1) is 0 Å². The number of aromatic nitrogens is 3. The van der Waals surface area contributed by atoms with Crippen LogP contribution in [0.15, 0.2) is 83.7 Å². The van der Waals surface area contributed by atoms with Crippen molar-refractivity contribution in [3.8, 4) is 16.9 Å². The van der Waals surface area contributed by atoms with E-state index in [4.69, 9.17) is 16.3 Å². The second kappa shape index (κ2) is 7.70. The van der Waals surface area contributed by atoms with Gasteiger partial charge in [-0.3, -0.25) is 0 Å². The second-order valence-corrected chi connectivity index (χ2v) is 9.26. The molecule has 5 aromatic rings. The second-order valence-electron chi connectivity index (χ2n) is 8.02. The van der Waals surface area contributed by atoms with Gasteiger partial charge >= 0.3 is 0 Å². The maximum atomic E-state index is 12.3. The molecule has 6 bridgehead atoms. The summed E-state index contributed by atoms with van der Waals surface area (Å²) in [5.74, 6) is 0.741. The highest BCUT2D eigenvalue weighted by Gasteiger charge is 2.36. The topological polar surface area (TPSA) is 71.0 Å². The van der Waals surface area contributed by atoms with Crippen molar-refractivity contribution in [2.24, 2.45) is 0 Å². The number of rotatable bonds is 1. The molecule has 1 aliphatic heterocycles. The summed E-state index contributed by atoms with van der Waals surface area (Å²) < 4.78 is 7.05. The minimum atomic E-state index is -1.47. The number of nitrogens with zero attached hydrogens (tertiary/aromatic N) is 2. The Hall–Kier alpha value is -3.19. The van der Waals surface area contributed by atoms with E-state index in [1.54, 1.807) is 12.5 Å². The molecule has 1 aliphatic rings. The fourth-order valence-electron chi connectivity index (χ4n) is 4.41. The zero-order chi connectivity index (χ0) is 22.6. The highest BCUT2D eigenvalue weighted by Crippen LogP contribution is 2.41. The lowest BCUT2D eigenvalue weighted by Gasteiger charge is -2.29. The predicted molar refractivity (Wildman–Crippen MR) is 131 cm³/mol. The summed E-state index contributed by atoms with van der Waals surface area (Å²) in [5, 5.41) is 13.5. The summed E-state index contributed by atoms with van der Waals surface area (Å²) in [6.45, 7) is 0.334. The van der Waals surface area contributed by atoms with E-state index in [-0.39, 0.29) is 0 Å². The van der Waals surface area contributed by atoms with E-state index in [0.29, 0.717) is 28.6 Å². The molecular formula is C26H17BrClN3O2. The summed E-state index contributed by atoms with van der Waals surface area (Å²) in [5.41, 5.74) is 4.00. The van der Waals surface area contributed by atoms with Crippen LogP contribution in [-0.4, -0.2) is 20.1 Å². The standard InChI is InChI=1S/C26H17BrClN3O2/c27-22-6-4-17-8-16(22)13-33-19-3-1-2-15(9-19)20-11-25(28)31-23-7-5-18(10-21(20)23)26(17,32)24-12-29-14-30-24/h1-12,14,32H,13H2,(H,29,30). The number of H-pyrrole nitrogens is 1. The Morgan fingerprint density at radius 3 is 2.73 bits per heavy atom. The highest BCUT2D eigenvalue weighted by molar-refractivity contribution is 9.10. The Morgan fingerprint density at radius 1 is 1.03 bits per heavy atom. The molecule has 162 valence electrons. The maximum absolute atomic E-state index is 12.3. The molecule has 3 aromatic carbocycles. The van der Waals surface area contributed by atoms with Gasteiger partial charge in [0.15, 0.2) is 5.60 Å². The molecule has 7 heteroatoms. The molecule has 0 saturated carbocycles. The number of fused-ring (bicyclic) bond motifs is 6. The Balaban J connectivity index is 1.73. The molecule has 5 nitrogen and oxygen atoms in total. The average Bonchev–Trinajstić information content (AvgIpc) is 3.37. The van der Waals surface area contributed by atoms with Gasteiger partial charge in [-0.05, 0) is 64.7 Å². The van der Waals surface area contributed by atoms with Crippen LogP contribution in [0.2, 0.25) is 5.15 Å². The van der Waals surface area contributed by atoms with Crippen LogP contribution in [0.25, 0.3) is 22.0 Å². The van der Waals surface area contributed by atoms with Crippen LogP contribution >= 0.6 is 27.5 Å². The van der Waals surface area contributed by atoms with Crippen LogP contribution < -0.4 is 4.74 Å². The van der Waals surface area contributed by atoms with Gasteiger partial charge in [0.25, 0.3) is 0 Å². The molecule has 0 radical (unpaired) electrons.